The van der Waals surface area contributed by atoms with E-state index in [2.05, 4.69) is 6.92 Å². The molecule has 0 aliphatic carbocycles. The first kappa shape index (κ1) is 16.8. The number of nitrogens with two attached hydrogens (primary N) is 1. The Morgan fingerprint density at radius 1 is 1.41 bits per heavy atom. The quantitative estimate of drug-likeness (QED) is 0.822. The Balaban J connectivity index is 1.64. The minimum absolute atomic E-state index is 0.236. The van der Waals surface area contributed by atoms with E-state index < -0.39 is 0 Å². The van der Waals surface area contributed by atoms with Crippen LogP contribution >= 0.6 is 0 Å². The molecule has 1 aliphatic rings. The third-order valence-corrected chi connectivity index (χ3v) is 4.43. The van der Waals surface area contributed by atoms with E-state index >= 15 is 0 Å². The molecule has 4 heteroatoms. The summed E-state index contributed by atoms with van der Waals surface area (Å²) in [4.78, 5) is 14.2. The fourth-order valence-electron chi connectivity index (χ4n) is 2.95. The predicted molar refractivity (Wildman–Crippen MR) is 88.9 cm³/mol. The number of likely N-dealkylation sites (tertiary alicyclic amines) is 1. The number of aryl methyl sites for hydroxylation is 1. The van der Waals surface area contributed by atoms with Gasteiger partial charge in [-0.15, -0.1) is 0 Å². The standard InChI is InChI=1S/C18H28N2O2/c1-14-5-3-6-17(13-14)22-12-4-7-18(21)20-10-8-16(9-11-20)15(2)19/h3,5-6,13,15-16H,4,7-12,19H2,1-2H3. The van der Waals surface area contributed by atoms with Gasteiger partial charge in [0.25, 0.3) is 0 Å². The maximum absolute atomic E-state index is 12.2. The van der Waals surface area contributed by atoms with Gasteiger partial charge in [0, 0.05) is 25.6 Å². The molecule has 0 saturated carbocycles. The number of ether oxygens (including phenoxy) is 1. The maximum atomic E-state index is 12.2. The van der Waals surface area contributed by atoms with Crippen LogP contribution in [0.2, 0.25) is 0 Å². The molecule has 2 N–H and O–H groups in total. The summed E-state index contributed by atoms with van der Waals surface area (Å²) in [6.45, 7) is 6.39. The zero-order valence-corrected chi connectivity index (χ0v) is 13.8. The number of hydrogen-bond donors (Lipinski definition) is 1. The van der Waals surface area contributed by atoms with Crippen LogP contribution in [0.4, 0.5) is 0 Å². The van der Waals surface area contributed by atoms with E-state index in [1.54, 1.807) is 0 Å². The molecule has 122 valence electrons. The topological polar surface area (TPSA) is 55.6 Å². The highest BCUT2D eigenvalue weighted by Crippen LogP contribution is 2.20. The highest BCUT2D eigenvalue weighted by molar-refractivity contribution is 5.76. The number of carbonyl (C=O) groups is 1. The third kappa shape index (κ3) is 5.02. The van der Waals surface area contributed by atoms with Gasteiger partial charge in [-0.2, -0.15) is 0 Å². The number of nitrogens with zero attached hydrogens (tertiary/aromatic N) is 1. The second-order valence-electron chi connectivity index (χ2n) is 6.35. The Bertz CT molecular complexity index is 480. The minimum atomic E-state index is 0.236. The zero-order valence-electron chi connectivity index (χ0n) is 13.8. The third-order valence-electron chi connectivity index (χ3n) is 4.43. The van der Waals surface area contributed by atoms with Gasteiger partial charge in [-0.25, -0.2) is 0 Å². The fourth-order valence-corrected chi connectivity index (χ4v) is 2.95. The van der Waals surface area contributed by atoms with E-state index in [0.717, 1.165) is 38.1 Å². The smallest absolute Gasteiger partial charge is 0.222 e. The van der Waals surface area contributed by atoms with E-state index in [1.807, 2.05) is 36.1 Å². The van der Waals surface area contributed by atoms with Crippen molar-refractivity contribution in [3.05, 3.63) is 29.8 Å². The first-order chi connectivity index (χ1) is 10.6. The van der Waals surface area contributed by atoms with Gasteiger partial charge in [-0.3, -0.25) is 4.79 Å². The molecule has 0 radical (unpaired) electrons. The molecule has 1 fully saturated rings. The molecule has 0 aromatic heterocycles. The van der Waals surface area contributed by atoms with Crippen molar-refractivity contribution < 1.29 is 9.53 Å². The van der Waals surface area contributed by atoms with Crippen molar-refractivity contribution in [2.75, 3.05) is 19.7 Å². The maximum Gasteiger partial charge on any atom is 0.222 e. The number of hydrogen-bond acceptors (Lipinski definition) is 3. The molecular weight excluding hydrogens is 276 g/mol. The lowest BCUT2D eigenvalue weighted by Gasteiger charge is -2.33. The Morgan fingerprint density at radius 3 is 2.77 bits per heavy atom. The molecule has 4 nitrogen and oxygen atoms in total. The summed E-state index contributed by atoms with van der Waals surface area (Å²) in [6.07, 6.45) is 3.39. The Labute approximate surface area is 133 Å². The summed E-state index contributed by atoms with van der Waals surface area (Å²) >= 11 is 0. The molecule has 1 unspecified atom stereocenters. The molecule has 0 spiro atoms. The SMILES string of the molecule is Cc1cccc(OCCCC(=O)N2CCC(C(C)N)CC2)c1. The van der Waals surface area contributed by atoms with Crippen LogP contribution in [0.15, 0.2) is 24.3 Å². The van der Waals surface area contributed by atoms with E-state index in [-0.39, 0.29) is 11.9 Å². The van der Waals surface area contributed by atoms with E-state index in [4.69, 9.17) is 10.5 Å². The van der Waals surface area contributed by atoms with Gasteiger partial charge in [0.15, 0.2) is 0 Å². The van der Waals surface area contributed by atoms with Gasteiger partial charge < -0.3 is 15.4 Å². The molecule has 22 heavy (non-hydrogen) atoms. The van der Waals surface area contributed by atoms with E-state index in [9.17, 15) is 4.79 Å². The van der Waals surface area contributed by atoms with Crippen LogP contribution in [-0.4, -0.2) is 36.5 Å². The molecule has 2 rings (SSSR count). The Morgan fingerprint density at radius 2 is 2.14 bits per heavy atom. The van der Waals surface area contributed by atoms with Gasteiger partial charge in [0.05, 0.1) is 6.61 Å². The number of amides is 1. The molecule has 0 bridgehead atoms. The highest BCUT2D eigenvalue weighted by Gasteiger charge is 2.24. The van der Waals surface area contributed by atoms with Gasteiger partial charge in [-0.1, -0.05) is 12.1 Å². The average Bonchev–Trinajstić information content (AvgIpc) is 2.51. The molecule has 1 heterocycles. The normalized spacial score (nSPS) is 17.3. The van der Waals surface area contributed by atoms with Crippen molar-refractivity contribution in [3.63, 3.8) is 0 Å². The fraction of sp³-hybridized carbons (Fsp3) is 0.611. The molecule has 1 amide bonds. The summed E-state index contributed by atoms with van der Waals surface area (Å²) < 4.78 is 5.69. The average molecular weight is 304 g/mol. The molecular formula is C18H28N2O2. The van der Waals surface area contributed by atoms with Crippen molar-refractivity contribution in [2.45, 2.75) is 45.6 Å². The number of piperidine rings is 1. The molecule has 1 saturated heterocycles. The molecule has 1 aliphatic heterocycles. The van der Waals surface area contributed by atoms with Crippen LogP contribution in [0, 0.1) is 12.8 Å². The molecule has 1 atom stereocenters. The summed E-state index contributed by atoms with van der Waals surface area (Å²) in [5.41, 5.74) is 7.12. The first-order valence-electron chi connectivity index (χ1n) is 8.29. The molecule has 1 aromatic rings. The second-order valence-corrected chi connectivity index (χ2v) is 6.35. The zero-order chi connectivity index (χ0) is 15.9. The summed E-state index contributed by atoms with van der Waals surface area (Å²) in [5, 5.41) is 0. The minimum Gasteiger partial charge on any atom is -0.494 e. The van der Waals surface area contributed by atoms with Crippen molar-refractivity contribution in [3.8, 4) is 5.75 Å². The van der Waals surface area contributed by atoms with E-state index in [1.165, 1.54) is 5.56 Å². The number of benzene rings is 1. The first-order valence-corrected chi connectivity index (χ1v) is 8.29. The van der Waals surface area contributed by atoms with Crippen LogP contribution < -0.4 is 10.5 Å². The van der Waals surface area contributed by atoms with Crippen molar-refractivity contribution in [2.24, 2.45) is 11.7 Å². The van der Waals surface area contributed by atoms with Crippen LogP contribution in [0.1, 0.15) is 38.2 Å². The van der Waals surface area contributed by atoms with E-state index in [0.29, 0.717) is 18.9 Å². The lowest BCUT2D eigenvalue weighted by molar-refractivity contribution is -0.132. The van der Waals surface area contributed by atoms with Crippen molar-refractivity contribution >= 4 is 5.91 Å². The van der Waals surface area contributed by atoms with Crippen LogP contribution in [-0.2, 0) is 4.79 Å². The number of rotatable bonds is 6. The van der Waals surface area contributed by atoms with Gasteiger partial charge in [-0.05, 0) is 56.7 Å². The Kier molecular flexibility index (Phi) is 6.25. The van der Waals surface area contributed by atoms with Gasteiger partial charge in [0.2, 0.25) is 5.91 Å². The largest absolute Gasteiger partial charge is 0.494 e. The van der Waals surface area contributed by atoms with Crippen molar-refractivity contribution in [1.82, 2.24) is 4.90 Å². The lowest BCUT2D eigenvalue weighted by atomic mass is 9.91. The monoisotopic (exact) mass is 304 g/mol. The van der Waals surface area contributed by atoms with Crippen LogP contribution in [0.5, 0.6) is 5.75 Å². The lowest BCUT2D eigenvalue weighted by Crippen LogP contribution is -2.42. The van der Waals surface area contributed by atoms with Crippen molar-refractivity contribution in [1.29, 1.82) is 0 Å². The van der Waals surface area contributed by atoms with Crippen LogP contribution in [0.3, 0.4) is 0 Å². The molecule has 1 aromatic carbocycles. The number of carbonyl (C=O) groups excluding carboxylic acids is 1. The second kappa shape index (κ2) is 8.18. The van der Waals surface area contributed by atoms with Gasteiger partial charge in [0.1, 0.15) is 5.75 Å². The summed E-state index contributed by atoms with van der Waals surface area (Å²) in [7, 11) is 0. The highest BCUT2D eigenvalue weighted by atomic mass is 16.5. The predicted octanol–water partition coefficient (Wildman–Crippen LogP) is 2.74. The van der Waals surface area contributed by atoms with Crippen LogP contribution in [0.25, 0.3) is 0 Å². The van der Waals surface area contributed by atoms with Gasteiger partial charge >= 0.3 is 0 Å². The Hall–Kier alpha value is -1.55. The summed E-state index contributed by atoms with van der Waals surface area (Å²) in [5.74, 6) is 1.69. The summed E-state index contributed by atoms with van der Waals surface area (Å²) in [6, 6.07) is 8.23.